The van der Waals surface area contributed by atoms with Crippen molar-refractivity contribution in [3.8, 4) is 0 Å². The van der Waals surface area contributed by atoms with Gasteiger partial charge in [0.1, 0.15) is 0 Å². The van der Waals surface area contributed by atoms with Gasteiger partial charge in [-0.15, -0.1) is 0 Å². The summed E-state index contributed by atoms with van der Waals surface area (Å²) in [5.74, 6) is 0. The van der Waals surface area contributed by atoms with E-state index in [-0.39, 0.29) is 0 Å². The van der Waals surface area contributed by atoms with Gasteiger partial charge in [0.15, 0.2) is 0 Å². The molecule has 19 heavy (non-hydrogen) atoms. The standard InChI is InChI=1S/C19H21/c1-2-3-4-11-16-19(17-12-7-5-8-13-17)18-14-9-6-10-15-18/h5-10,12-16H,1-4,11H2. The molecule has 0 amide bonds. The molecule has 2 aromatic rings. The molecule has 2 rings (SSSR count). The maximum Gasteiger partial charge on any atom is -0.0151 e. The zero-order chi connectivity index (χ0) is 13.3. The fourth-order valence-corrected chi connectivity index (χ4v) is 2.21. The Bertz CT molecular complexity index is 453. The number of benzene rings is 2. The van der Waals surface area contributed by atoms with Crippen molar-refractivity contribution in [3.63, 3.8) is 0 Å². The molecule has 0 bridgehead atoms. The molecule has 0 saturated heterocycles. The molecule has 0 atom stereocenters. The topological polar surface area (TPSA) is 0 Å². The Hall–Kier alpha value is -1.82. The molecule has 0 spiro atoms. The van der Waals surface area contributed by atoms with Crippen LogP contribution < -0.4 is 0 Å². The number of hydrogen-bond acceptors (Lipinski definition) is 0. The molecule has 1 radical (unpaired) electrons. The third kappa shape index (κ3) is 4.10. The highest BCUT2D eigenvalue weighted by molar-refractivity contribution is 5.79. The normalized spacial score (nSPS) is 10.2. The maximum absolute atomic E-state index is 3.90. The van der Waals surface area contributed by atoms with Crippen LogP contribution in [0.1, 0.15) is 36.8 Å². The van der Waals surface area contributed by atoms with Gasteiger partial charge < -0.3 is 0 Å². The molecule has 0 saturated carbocycles. The van der Waals surface area contributed by atoms with Crippen molar-refractivity contribution in [2.75, 3.05) is 0 Å². The van der Waals surface area contributed by atoms with Gasteiger partial charge in [-0.2, -0.15) is 0 Å². The van der Waals surface area contributed by atoms with Crippen LogP contribution in [0.5, 0.6) is 0 Å². The monoisotopic (exact) mass is 249 g/mol. The van der Waals surface area contributed by atoms with Crippen LogP contribution in [0.15, 0.2) is 66.7 Å². The van der Waals surface area contributed by atoms with E-state index in [0.717, 1.165) is 12.8 Å². The van der Waals surface area contributed by atoms with Gasteiger partial charge >= 0.3 is 0 Å². The fraction of sp³-hybridized carbons (Fsp3) is 0.211. The van der Waals surface area contributed by atoms with Crippen molar-refractivity contribution in [3.05, 3.63) is 84.8 Å². The highest BCUT2D eigenvalue weighted by Crippen LogP contribution is 2.24. The summed E-state index contributed by atoms with van der Waals surface area (Å²) in [7, 11) is 0. The summed E-state index contributed by atoms with van der Waals surface area (Å²) in [6.45, 7) is 3.90. The van der Waals surface area contributed by atoms with Gasteiger partial charge in [0, 0.05) is 0 Å². The third-order valence-corrected chi connectivity index (χ3v) is 3.22. The average Bonchev–Trinajstić information content (AvgIpc) is 2.49. The Morgan fingerprint density at radius 3 is 1.79 bits per heavy atom. The van der Waals surface area contributed by atoms with E-state index in [4.69, 9.17) is 0 Å². The van der Waals surface area contributed by atoms with E-state index in [9.17, 15) is 0 Å². The van der Waals surface area contributed by atoms with Crippen molar-refractivity contribution in [2.24, 2.45) is 0 Å². The van der Waals surface area contributed by atoms with E-state index in [1.165, 1.54) is 29.5 Å². The van der Waals surface area contributed by atoms with E-state index >= 15 is 0 Å². The molecular weight excluding hydrogens is 228 g/mol. The first-order chi connectivity index (χ1) is 9.42. The van der Waals surface area contributed by atoms with Crippen LogP contribution in [0.2, 0.25) is 0 Å². The van der Waals surface area contributed by atoms with Gasteiger partial charge in [-0.05, 0) is 29.5 Å². The van der Waals surface area contributed by atoms with Gasteiger partial charge in [-0.1, -0.05) is 86.5 Å². The van der Waals surface area contributed by atoms with Crippen LogP contribution in [-0.4, -0.2) is 0 Å². The van der Waals surface area contributed by atoms with Gasteiger partial charge in [-0.25, -0.2) is 0 Å². The second-order valence-corrected chi connectivity index (χ2v) is 4.70. The lowest BCUT2D eigenvalue weighted by atomic mass is 9.96. The molecule has 2 aromatic carbocycles. The Balaban J connectivity index is 2.24. The minimum atomic E-state index is 1.03. The highest BCUT2D eigenvalue weighted by atomic mass is 14.1. The van der Waals surface area contributed by atoms with Crippen molar-refractivity contribution in [1.29, 1.82) is 0 Å². The van der Waals surface area contributed by atoms with Gasteiger partial charge in [0.2, 0.25) is 0 Å². The number of allylic oxidation sites excluding steroid dienone is 1. The summed E-state index contributed by atoms with van der Waals surface area (Å²) >= 11 is 0. The molecular formula is C19H21. The molecule has 0 nitrogen and oxygen atoms in total. The van der Waals surface area contributed by atoms with Gasteiger partial charge in [-0.3, -0.25) is 0 Å². The highest BCUT2D eigenvalue weighted by Gasteiger charge is 2.03. The van der Waals surface area contributed by atoms with Crippen LogP contribution in [0.3, 0.4) is 0 Å². The summed E-state index contributed by atoms with van der Waals surface area (Å²) in [6.07, 6.45) is 6.93. The number of rotatable bonds is 6. The largest absolute Gasteiger partial charge is 0.0761 e. The van der Waals surface area contributed by atoms with E-state index in [1.54, 1.807) is 0 Å². The quantitative estimate of drug-likeness (QED) is 0.592. The zero-order valence-electron chi connectivity index (χ0n) is 11.4. The van der Waals surface area contributed by atoms with E-state index in [0.29, 0.717) is 0 Å². The zero-order valence-corrected chi connectivity index (χ0v) is 11.4. The Kier molecular flexibility index (Phi) is 5.43. The molecule has 0 unspecified atom stereocenters. The predicted molar refractivity (Wildman–Crippen MR) is 83.8 cm³/mol. The molecule has 0 aliphatic carbocycles. The summed E-state index contributed by atoms with van der Waals surface area (Å²) < 4.78 is 0. The summed E-state index contributed by atoms with van der Waals surface area (Å²) in [5, 5.41) is 0. The Labute approximate surface area is 116 Å². The summed E-state index contributed by atoms with van der Waals surface area (Å²) in [6, 6.07) is 21.2. The van der Waals surface area contributed by atoms with Crippen LogP contribution >= 0.6 is 0 Å². The Morgan fingerprint density at radius 2 is 1.32 bits per heavy atom. The minimum absolute atomic E-state index is 1.03. The van der Waals surface area contributed by atoms with Crippen LogP contribution in [0.25, 0.3) is 5.57 Å². The first-order valence-electron chi connectivity index (χ1n) is 7.02. The molecule has 0 N–H and O–H groups in total. The van der Waals surface area contributed by atoms with Crippen LogP contribution in [0, 0.1) is 6.92 Å². The second kappa shape index (κ2) is 7.58. The van der Waals surface area contributed by atoms with Crippen LogP contribution in [-0.2, 0) is 0 Å². The van der Waals surface area contributed by atoms with Crippen LogP contribution in [0.4, 0.5) is 0 Å². The number of hydrogen-bond donors (Lipinski definition) is 0. The molecule has 0 aliphatic rings. The van der Waals surface area contributed by atoms with Crippen molar-refractivity contribution < 1.29 is 0 Å². The van der Waals surface area contributed by atoms with Crippen molar-refractivity contribution >= 4 is 5.57 Å². The molecule has 97 valence electrons. The van der Waals surface area contributed by atoms with Gasteiger partial charge in [0.25, 0.3) is 0 Å². The van der Waals surface area contributed by atoms with E-state index in [2.05, 4.69) is 73.7 Å². The first kappa shape index (κ1) is 13.6. The predicted octanol–water partition coefficient (Wildman–Crippen LogP) is 5.51. The summed E-state index contributed by atoms with van der Waals surface area (Å²) in [4.78, 5) is 0. The average molecular weight is 249 g/mol. The smallest absolute Gasteiger partial charge is 0.0151 e. The third-order valence-electron chi connectivity index (χ3n) is 3.22. The SMILES string of the molecule is [CH2]CCCCC=C(c1ccccc1)c1ccccc1. The Morgan fingerprint density at radius 1 is 0.789 bits per heavy atom. The molecule has 0 heteroatoms. The molecule has 0 aromatic heterocycles. The van der Waals surface area contributed by atoms with Crippen molar-refractivity contribution in [1.82, 2.24) is 0 Å². The van der Waals surface area contributed by atoms with Crippen molar-refractivity contribution in [2.45, 2.75) is 25.7 Å². The lowest BCUT2D eigenvalue weighted by Gasteiger charge is -2.08. The minimum Gasteiger partial charge on any atom is -0.0761 e. The second-order valence-electron chi connectivity index (χ2n) is 4.70. The fourth-order valence-electron chi connectivity index (χ4n) is 2.21. The molecule has 0 fully saturated rings. The molecule has 0 heterocycles. The molecule has 0 aliphatic heterocycles. The van der Waals surface area contributed by atoms with E-state index < -0.39 is 0 Å². The van der Waals surface area contributed by atoms with E-state index in [1.807, 2.05) is 0 Å². The lowest BCUT2D eigenvalue weighted by molar-refractivity contribution is 0.761. The van der Waals surface area contributed by atoms with Gasteiger partial charge in [0.05, 0.1) is 0 Å². The maximum atomic E-state index is 3.90. The summed E-state index contributed by atoms with van der Waals surface area (Å²) in [5.41, 5.74) is 3.93. The first-order valence-corrected chi connectivity index (χ1v) is 7.02. The number of unbranched alkanes of at least 4 members (excludes halogenated alkanes) is 3. The lowest BCUT2D eigenvalue weighted by Crippen LogP contribution is -1.88.